The Morgan fingerprint density at radius 2 is 2.27 bits per heavy atom. The van der Waals surface area contributed by atoms with Crippen LogP contribution in [0.25, 0.3) is 0 Å². The molecule has 0 atom stereocenters. The molecule has 0 aliphatic heterocycles. The highest BCUT2D eigenvalue weighted by Crippen LogP contribution is 2.05. The van der Waals surface area contributed by atoms with Crippen LogP contribution in [-0.4, -0.2) is 13.4 Å². The largest absolute Gasteiger partial charge is 0.263 e. The van der Waals surface area contributed by atoms with Crippen molar-refractivity contribution in [2.24, 2.45) is 0 Å². The van der Waals surface area contributed by atoms with Gasteiger partial charge in [-0.05, 0) is 12.1 Å². The lowest BCUT2D eigenvalue weighted by Gasteiger charge is -1.97. The van der Waals surface area contributed by atoms with Gasteiger partial charge in [0, 0.05) is 35.3 Å². The lowest BCUT2D eigenvalue weighted by atomic mass is 10.5. The van der Waals surface area contributed by atoms with E-state index in [1.54, 1.807) is 28.9 Å². The monoisotopic (exact) mass is 284 g/mol. The zero-order valence-electron chi connectivity index (χ0n) is 5.36. The standard InChI is InChI=1S/C5H5IN2O2S/c6-8-11(9,10)5-2-1-3-7-4-5/h1-4,8H. The minimum atomic E-state index is -3.32. The molecule has 4 nitrogen and oxygen atoms in total. The van der Waals surface area contributed by atoms with E-state index in [9.17, 15) is 8.42 Å². The van der Waals surface area contributed by atoms with Crippen LogP contribution in [0.15, 0.2) is 29.4 Å². The van der Waals surface area contributed by atoms with Crippen molar-refractivity contribution in [2.45, 2.75) is 4.90 Å². The van der Waals surface area contributed by atoms with Gasteiger partial charge in [-0.2, -0.15) is 2.94 Å². The smallest absolute Gasteiger partial charge is 0.250 e. The van der Waals surface area contributed by atoms with Gasteiger partial charge in [-0.25, -0.2) is 8.42 Å². The number of pyridine rings is 1. The highest BCUT2D eigenvalue weighted by molar-refractivity contribution is 14.1. The van der Waals surface area contributed by atoms with E-state index >= 15 is 0 Å². The number of nitrogens with one attached hydrogen (secondary N) is 1. The Bertz CT molecular complexity index is 324. The van der Waals surface area contributed by atoms with Crippen molar-refractivity contribution < 1.29 is 8.42 Å². The molecule has 1 aromatic heterocycles. The number of sulfonamides is 1. The molecular formula is C5H5IN2O2S. The first-order valence-electron chi connectivity index (χ1n) is 2.69. The first-order valence-corrected chi connectivity index (χ1v) is 5.25. The fraction of sp³-hybridized carbons (Fsp3) is 0. The Morgan fingerprint density at radius 3 is 2.73 bits per heavy atom. The Hall–Kier alpha value is -0.210. The summed E-state index contributed by atoms with van der Waals surface area (Å²) in [6.07, 6.45) is 2.81. The second-order valence-corrected chi connectivity index (χ2v) is 4.72. The van der Waals surface area contributed by atoms with Gasteiger partial charge in [0.05, 0.1) is 0 Å². The summed E-state index contributed by atoms with van der Waals surface area (Å²) in [4.78, 5) is 3.85. The van der Waals surface area contributed by atoms with Crippen LogP contribution >= 0.6 is 22.9 Å². The molecule has 60 valence electrons. The second kappa shape index (κ2) is 3.46. The van der Waals surface area contributed by atoms with Gasteiger partial charge in [0.15, 0.2) is 0 Å². The molecule has 1 heterocycles. The number of nitrogens with zero attached hydrogens (tertiary/aromatic N) is 1. The van der Waals surface area contributed by atoms with E-state index in [1.165, 1.54) is 18.5 Å². The summed E-state index contributed by atoms with van der Waals surface area (Å²) in [7, 11) is -3.32. The summed E-state index contributed by atoms with van der Waals surface area (Å²) in [6.45, 7) is 0. The van der Waals surface area contributed by atoms with E-state index in [-0.39, 0.29) is 4.90 Å². The summed E-state index contributed by atoms with van der Waals surface area (Å²) in [6, 6.07) is 3.05. The lowest BCUT2D eigenvalue weighted by molar-refractivity contribution is 0.595. The van der Waals surface area contributed by atoms with E-state index in [0.717, 1.165) is 0 Å². The molecule has 0 aliphatic carbocycles. The first kappa shape index (κ1) is 8.88. The van der Waals surface area contributed by atoms with Crippen molar-refractivity contribution >= 4 is 32.9 Å². The maximum Gasteiger partial charge on any atom is 0.250 e. The molecule has 0 bridgehead atoms. The van der Waals surface area contributed by atoms with Crippen LogP contribution in [-0.2, 0) is 10.0 Å². The molecule has 0 radical (unpaired) electrons. The zero-order valence-corrected chi connectivity index (χ0v) is 8.33. The van der Waals surface area contributed by atoms with E-state index in [2.05, 4.69) is 7.92 Å². The Balaban J connectivity index is 3.14. The van der Waals surface area contributed by atoms with E-state index in [1.807, 2.05) is 0 Å². The summed E-state index contributed by atoms with van der Waals surface area (Å²) in [5.74, 6) is 0. The minimum Gasteiger partial charge on any atom is -0.263 e. The van der Waals surface area contributed by atoms with Crippen LogP contribution < -0.4 is 2.94 Å². The second-order valence-electron chi connectivity index (χ2n) is 1.77. The normalized spacial score (nSPS) is 11.4. The number of halogens is 1. The maximum absolute atomic E-state index is 11.0. The highest BCUT2D eigenvalue weighted by atomic mass is 127. The Labute approximate surface area is 78.6 Å². The first-order chi connectivity index (χ1) is 5.17. The molecule has 0 aromatic carbocycles. The third-order valence-electron chi connectivity index (χ3n) is 1.05. The summed E-state index contributed by atoms with van der Waals surface area (Å²) in [5.41, 5.74) is 0. The van der Waals surface area contributed by atoms with Crippen LogP contribution in [0.3, 0.4) is 0 Å². The Morgan fingerprint density at radius 1 is 1.55 bits per heavy atom. The molecule has 0 fully saturated rings. The van der Waals surface area contributed by atoms with Crippen molar-refractivity contribution in [3.05, 3.63) is 24.5 Å². The van der Waals surface area contributed by atoms with Gasteiger partial charge in [-0.1, -0.05) is 0 Å². The minimum absolute atomic E-state index is 0.175. The quantitative estimate of drug-likeness (QED) is 0.642. The number of hydrogen-bond acceptors (Lipinski definition) is 3. The fourth-order valence-electron chi connectivity index (χ4n) is 0.551. The molecule has 1 N–H and O–H groups in total. The van der Waals surface area contributed by atoms with E-state index in [4.69, 9.17) is 0 Å². The average molecular weight is 284 g/mol. The summed E-state index contributed by atoms with van der Waals surface area (Å²) in [5, 5.41) is 0. The van der Waals surface area contributed by atoms with Gasteiger partial charge in [0.2, 0.25) is 0 Å². The predicted molar refractivity (Wildman–Crippen MR) is 48.6 cm³/mol. The van der Waals surface area contributed by atoms with Crippen LogP contribution in [0.1, 0.15) is 0 Å². The third-order valence-corrected chi connectivity index (χ3v) is 3.85. The van der Waals surface area contributed by atoms with Gasteiger partial charge < -0.3 is 0 Å². The summed E-state index contributed by atoms with van der Waals surface area (Å²) >= 11 is 1.57. The molecule has 6 heteroatoms. The Kier molecular flexibility index (Phi) is 2.79. The molecule has 0 saturated heterocycles. The molecular weight excluding hydrogens is 279 g/mol. The molecule has 1 aromatic rings. The van der Waals surface area contributed by atoms with Crippen molar-refractivity contribution in [1.82, 2.24) is 7.92 Å². The molecule has 1 rings (SSSR count). The maximum atomic E-state index is 11.0. The van der Waals surface area contributed by atoms with Crippen LogP contribution in [0, 0.1) is 0 Å². The van der Waals surface area contributed by atoms with Crippen molar-refractivity contribution in [2.75, 3.05) is 0 Å². The number of aromatic nitrogens is 1. The van der Waals surface area contributed by atoms with Gasteiger partial charge in [0.1, 0.15) is 4.90 Å². The molecule has 11 heavy (non-hydrogen) atoms. The van der Waals surface area contributed by atoms with Gasteiger partial charge >= 0.3 is 0 Å². The zero-order chi connectivity index (χ0) is 8.32. The SMILES string of the molecule is O=S(=O)(NI)c1cccnc1. The van der Waals surface area contributed by atoms with Crippen molar-refractivity contribution in [1.29, 1.82) is 0 Å². The van der Waals surface area contributed by atoms with Crippen molar-refractivity contribution in [3.63, 3.8) is 0 Å². The van der Waals surface area contributed by atoms with Crippen LogP contribution in [0.2, 0.25) is 0 Å². The van der Waals surface area contributed by atoms with Crippen LogP contribution in [0.4, 0.5) is 0 Å². The molecule has 0 unspecified atom stereocenters. The van der Waals surface area contributed by atoms with Gasteiger partial charge in [0.25, 0.3) is 10.0 Å². The topological polar surface area (TPSA) is 59.1 Å². The van der Waals surface area contributed by atoms with Gasteiger partial charge in [-0.15, -0.1) is 0 Å². The molecule has 0 aliphatic rings. The lowest BCUT2D eigenvalue weighted by Crippen LogP contribution is -2.12. The fourth-order valence-corrected chi connectivity index (χ4v) is 1.86. The highest BCUT2D eigenvalue weighted by Gasteiger charge is 2.10. The molecule has 0 saturated carbocycles. The number of rotatable bonds is 2. The molecule has 0 amide bonds. The van der Waals surface area contributed by atoms with Gasteiger partial charge in [-0.3, -0.25) is 4.98 Å². The number of hydrogen-bond donors (Lipinski definition) is 1. The van der Waals surface area contributed by atoms with E-state index in [0.29, 0.717) is 0 Å². The average Bonchev–Trinajstić information content (AvgIpc) is 2.06. The van der Waals surface area contributed by atoms with Crippen LogP contribution in [0.5, 0.6) is 0 Å². The van der Waals surface area contributed by atoms with Crippen molar-refractivity contribution in [3.8, 4) is 0 Å². The van der Waals surface area contributed by atoms with E-state index < -0.39 is 10.0 Å². The predicted octanol–water partition coefficient (Wildman–Crippen LogP) is 0.710. The third kappa shape index (κ3) is 2.11. The molecule has 0 spiro atoms. The summed E-state index contributed by atoms with van der Waals surface area (Å²) < 4.78 is 24.2.